The maximum atomic E-state index is 12.6. The van der Waals surface area contributed by atoms with E-state index in [2.05, 4.69) is 6.07 Å². The van der Waals surface area contributed by atoms with Crippen LogP contribution in [0, 0.1) is 5.92 Å². The average Bonchev–Trinajstić information content (AvgIpc) is 3.12. The van der Waals surface area contributed by atoms with E-state index in [4.69, 9.17) is 9.47 Å². The molecule has 0 aliphatic carbocycles. The molecule has 3 unspecified atom stereocenters. The molecule has 2 fully saturated rings. The number of Topliss-reactive ketones (excluding diaryl/α,β-unsaturated/α-hetero) is 1. The van der Waals surface area contributed by atoms with Gasteiger partial charge < -0.3 is 9.47 Å². The van der Waals surface area contributed by atoms with Gasteiger partial charge in [0, 0.05) is 6.42 Å². The van der Waals surface area contributed by atoms with Gasteiger partial charge in [0.05, 0.1) is 30.3 Å². The largest absolute Gasteiger partial charge is 0.492 e. The second-order valence-electron chi connectivity index (χ2n) is 5.47. The molecule has 1 aromatic carbocycles. The van der Waals surface area contributed by atoms with Crippen molar-refractivity contribution >= 4 is 5.78 Å². The first-order valence-electron chi connectivity index (χ1n) is 6.77. The molecule has 0 saturated carbocycles. The molecule has 3 nitrogen and oxygen atoms in total. The minimum absolute atomic E-state index is 0.0550. The van der Waals surface area contributed by atoms with Gasteiger partial charge in [0.15, 0.2) is 5.78 Å². The van der Waals surface area contributed by atoms with Gasteiger partial charge in [-0.1, -0.05) is 12.1 Å². The summed E-state index contributed by atoms with van der Waals surface area (Å²) in [6.07, 6.45) is 4.45. The lowest BCUT2D eigenvalue weighted by atomic mass is 9.83. The van der Waals surface area contributed by atoms with Crippen molar-refractivity contribution in [3.05, 3.63) is 29.3 Å². The Kier molecular flexibility index (Phi) is 2.24. The van der Waals surface area contributed by atoms with E-state index < -0.39 is 0 Å². The predicted molar refractivity (Wildman–Crippen MR) is 66.0 cm³/mol. The first-order chi connectivity index (χ1) is 8.83. The summed E-state index contributed by atoms with van der Waals surface area (Å²) in [5.74, 6) is 1.10. The lowest BCUT2D eigenvalue weighted by Gasteiger charge is -2.18. The van der Waals surface area contributed by atoms with Crippen molar-refractivity contribution in [2.75, 3.05) is 6.61 Å². The minimum Gasteiger partial charge on any atom is -0.492 e. The highest BCUT2D eigenvalue weighted by Crippen LogP contribution is 2.42. The Hall–Kier alpha value is -1.35. The maximum absolute atomic E-state index is 12.6. The van der Waals surface area contributed by atoms with Crippen molar-refractivity contribution in [2.45, 2.75) is 37.9 Å². The molecule has 4 rings (SSSR count). The minimum atomic E-state index is 0.0550. The molecule has 2 bridgehead atoms. The summed E-state index contributed by atoms with van der Waals surface area (Å²) in [6.45, 7) is 0.701. The van der Waals surface area contributed by atoms with Gasteiger partial charge in [0.25, 0.3) is 0 Å². The number of benzene rings is 1. The van der Waals surface area contributed by atoms with Gasteiger partial charge >= 0.3 is 0 Å². The van der Waals surface area contributed by atoms with Crippen LogP contribution in [0.1, 0.15) is 35.2 Å². The number of rotatable bonds is 2. The monoisotopic (exact) mass is 244 g/mol. The van der Waals surface area contributed by atoms with Crippen LogP contribution in [0.4, 0.5) is 0 Å². The molecule has 3 aliphatic rings. The number of ketones is 1. The Labute approximate surface area is 106 Å². The molecular formula is C15H16O3. The van der Waals surface area contributed by atoms with Gasteiger partial charge in [0.1, 0.15) is 5.75 Å². The number of ether oxygens (including phenoxy) is 2. The topological polar surface area (TPSA) is 35.5 Å². The fourth-order valence-corrected chi connectivity index (χ4v) is 3.52. The van der Waals surface area contributed by atoms with Gasteiger partial charge in [-0.25, -0.2) is 0 Å². The summed E-state index contributed by atoms with van der Waals surface area (Å²) in [7, 11) is 0. The molecule has 2 saturated heterocycles. The van der Waals surface area contributed by atoms with Crippen LogP contribution in [0.5, 0.6) is 5.75 Å². The molecule has 0 spiro atoms. The van der Waals surface area contributed by atoms with Gasteiger partial charge in [-0.15, -0.1) is 0 Å². The summed E-state index contributed by atoms with van der Waals surface area (Å²) < 4.78 is 11.4. The number of carbonyl (C=O) groups is 1. The molecule has 3 atom stereocenters. The van der Waals surface area contributed by atoms with Crippen molar-refractivity contribution in [3.63, 3.8) is 0 Å². The van der Waals surface area contributed by atoms with Crippen molar-refractivity contribution < 1.29 is 14.3 Å². The zero-order valence-corrected chi connectivity index (χ0v) is 10.2. The Balaban J connectivity index is 1.67. The zero-order valence-electron chi connectivity index (χ0n) is 10.2. The number of hydrogen-bond acceptors (Lipinski definition) is 3. The van der Waals surface area contributed by atoms with Crippen LogP contribution in [0.3, 0.4) is 0 Å². The fourth-order valence-electron chi connectivity index (χ4n) is 3.52. The van der Waals surface area contributed by atoms with E-state index >= 15 is 0 Å². The zero-order chi connectivity index (χ0) is 12.1. The molecular weight excluding hydrogens is 228 g/mol. The Morgan fingerprint density at radius 3 is 3.00 bits per heavy atom. The molecule has 3 heterocycles. The number of fused-ring (bicyclic) bond motifs is 3. The van der Waals surface area contributed by atoms with E-state index in [-0.39, 0.29) is 17.8 Å². The second-order valence-corrected chi connectivity index (χ2v) is 5.47. The molecule has 0 radical (unpaired) electrons. The van der Waals surface area contributed by atoms with Crippen LogP contribution < -0.4 is 4.74 Å². The standard InChI is InChI=1S/C15H16O3/c16-14(12-8-10-4-5-13(12)18-10)11-3-1-2-9-6-7-17-15(9)11/h1-3,10,12-13H,4-8H2. The first-order valence-corrected chi connectivity index (χ1v) is 6.77. The molecule has 1 aromatic rings. The van der Waals surface area contributed by atoms with Crippen molar-refractivity contribution in [1.29, 1.82) is 0 Å². The van der Waals surface area contributed by atoms with E-state index in [1.807, 2.05) is 12.1 Å². The fraction of sp³-hybridized carbons (Fsp3) is 0.533. The van der Waals surface area contributed by atoms with Crippen LogP contribution >= 0.6 is 0 Å². The van der Waals surface area contributed by atoms with Gasteiger partial charge in [-0.3, -0.25) is 4.79 Å². The summed E-state index contributed by atoms with van der Waals surface area (Å²) in [5, 5.41) is 0. The summed E-state index contributed by atoms with van der Waals surface area (Å²) in [4.78, 5) is 12.6. The third-order valence-corrected chi connectivity index (χ3v) is 4.42. The van der Waals surface area contributed by atoms with Crippen molar-refractivity contribution in [3.8, 4) is 5.75 Å². The maximum Gasteiger partial charge on any atom is 0.172 e. The van der Waals surface area contributed by atoms with Crippen LogP contribution in [0.2, 0.25) is 0 Å². The van der Waals surface area contributed by atoms with Crippen LogP contribution in [-0.4, -0.2) is 24.6 Å². The molecule has 94 valence electrons. The van der Waals surface area contributed by atoms with Gasteiger partial charge in [0.2, 0.25) is 0 Å². The molecule has 3 heteroatoms. The highest BCUT2D eigenvalue weighted by molar-refractivity contribution is 6.01. The third-order valence-electron chi connectivity index (χ3n) is 4.42. The number of hydrogen-bond donors (Lipinski definition) is 0. The average molecular weight is 244 g/mol. The van der Waals surface area contributed by atoms with E-state index in [9.17, 15) is 4.79 Å². The third kappa shape index (κ3) is 1.43. The number of para-hydroxylation sites is 1. The van der Waals surface area contributed by atoms with E-state index in [0.717, 1.165) is 37.0 Å². The van der Waals surface area contributed by atoms with Crippen LogP contribution in [0.25, 0.3) is 0 Å². The summed E-state index contributed by atoms with van der Waals surface area (Å²) >= 11 is 0. The van der Waals surface area contributed by atoms with Gasteiger partial charge in [-0.05, 0) is 30.9 Å². The second kappa shape index (κ2) is 3.82. The summed E-state index contributed by atoms with van der Waals surface area (Å²) in [5.41, 5.74) is 1.94. The smallest absolute Gasteiger partial charge is 0.172 e. The van der Waals surface area contributed by atoms with Crippen LogP contribution in [0.15, 0.2) is 18.2 Å². The SMILES string of the molecule is O=C(c1cccc2c1OCC2)C1CC2CCC1O2. The highest BCUT2D eigenvalue weighted by atomic mass is 16.5. The highest BCUT2D eigenvalue weighted by Gasteiger charge is 2.45. The van der Waals surface area contributed by atoms with E-state index in [0.29, 0.717) is 12.7 Å². The predicted octanol–water partition coefficient (Wildman–Crippen LogP) is 2.37. The van der Waals surface area contributed by atoms with Crippen molar-refractivity contribution in [2.24, 2.45) is 5.92 Å². The molecule has 0 aromatic heterocycles. The molecule has 3 aliphatic heterocycles. The lowest BCUT2D eigenvalue weighted by molar-refractivity contribution is 0.0741. The lowest BCUT2D eigenvalue weighted by Crippen LogP contribution is -2.25. The van der Waals surface area contributed by atoms with Gasteiger partial charge in [-0.2, -0.15) is 0 Å². The molecule has 0 N–H and O–H groups in total. The van der Waals surface area contributed by atoms with Crippen molar-refractivity contribution in [1.82, 2.24) is 0 Å². The first kappa shape index (κ1) is 10.6. The normalized spacial score (nSPS) is 32.3. The number of carbonyl (C=O) groups excluding carboxylic acids is 1. The quantitative estimate of drug-likeness (QED) is 0.749. The van der Waals surface area contributed by atoms with E-state index in [1.54, 1.807) is 0 Å². The van der Waals surface area contributed by atoms with Crippen LogP contribution in [-0.2, 0) is 11.2 Å². The Bertz CT molecular complexity index is 508. The van der Waals surface area contributed by atoms with E-state index in [1.165, 1.54) is 5.56 Å². The molecule has 18 heavy (non-hydrogen) atoms. The Morgan fingerprint density at radius 2 is 2.22 bits per heavy atom. The Morgan fingerprint density at radius 1 is 1.28 bits per heavy atom. The molecule has 0 amide bonds. The summed E-state index contributed by atoms with van der Waals surface area (Å²) in [6, 6.07) is 5.92.